The molecule has 0 aliphatic rings. The van der Waals surface area contributed by atoms with E-state index in [1.807, 2.05) is 6.07 Å². The number of nitrogens with two attached hydrogens (primary N) is 1. The first-order valence-electron chi connectivity index (χ1n) is 5.01. The van der Waals surface area contributed by atoms with Gasteiger partial charge in [-0.25, -0.2) is 0 Å². The van der Waals surface area contributed by atoms with Gasteiger partial charge >= 0.3 is 0 Å². The molecular formula is C12H15NOS. The molecule has 1 heterocycles. The van der Waals surface area contributed by atoms with Crippen LogP contribution in [0, 0.1) is 0 Å². The number of thiophene rings is 1. The first kappa shape index (κ1) is 10.5. The minimum absolute atomic E-state index is 0.408. The third kappa shape index (κ3) is 1.85. The molecule has 1 aromatic carbocycles. The number of rotatable bonds is 3. The molecule has 3 heteroatoms. The van der Waals surface area contributed by atoms with E-state index in [0.717, 1.165) is 5.75 Å². The zero-order valence-corrected chi connectivity index (χ0v) is 9.80. The molecule has 0 spiro atoms. The lowest BCUT2D eigenvalue weighted by Crippen LogP contribution is -2.08. The van der Waals surface area contributed by atoms with Crippen molar-refractivity contribution < 1.29 is 4.74 Å². The molecule has 0 aliphatic carbocycles. The molecule has 0 radical (unpaired) electrons. The Balaban J connectivity index is 2.56. The van der Waals surface area contributed by atoms with Crippen LogP contribution in [0.15, 0.2) is 23.6 Å². The zero-order chi connectivity index (χ0) is 10.8. The van der Waals surface area contributed by atoms with E-state index in [1.165, 1.54) is 15.6 Å². The first-order chi connectivity index (χ1) is 7.26. The van der Waals surface area contributed by atoms with E-state index in [4.69, 9.17) is 10.5 Å². The monoisotopic (exact) mass is 221 g/mol. The highest BCUT2D eigenvalue weighted by Gasteiger charge is 2.10. The molecule has 1 atom stereocenters. The van der Waals surface area contributed by atoms with Crippen LogP contribution >= 0.6 is 11.3 Å². The van der Waals surface area contributed by atoms with Gasteiger partial charge < -0.3 is 10.5 Å². The summed E-state index contributed by atoms with van der Waals surface area (Å²) in [6.07, 6.45) is 0. The fourth-order valence-corrected chi connectivity index (χ4v) is 2.73. The van der Waals surface area contributed by atoms with E-state index in [0.29, 0.717) is 12.5 Å². The Morgan fingerprint density at radius 3 is 2.93 bits per heavy atom. The molecule has 2 rings (SSSR count). The molecular weight excluding hydrogens is 206 g/mol. The van der Waals surface area contributed by atoms with Gasteiger partial charge in [-0.3, -0.25) is 0 Å². The van der Waals surface area contributed by atoms with Crippen molar-refractivity contribution in [2.75, 3.05) is 13.7 Å². The molecule has 80 valence electrons. The summed E-state index contributed by atoms with van der Waals surface area (Å²) < 4.78 is 6.53. The lowest BCUT2D eigenvalue weighted by molar-refractivity contribution is 0.415. The van der Waals surface area contributed by atoms with Crippen molar-refractivity contribution >= 4 is 21.4 Å². The van der Waals surface area contributed by atoms with Gasteiger partial charge in [-0.15, -0.1) is 11.3 Å². The third-order valence-electron chi connectivity index (χ3n) is 2.70. The molecule has 1 unspecified atom stereocenters. The Kier molecular flexibility index (Phi) is 2.93. The minimum atomic E-state index is 0.408. The maximum atomic E-state index is 5.70. The smallest absolute Gasteiger partial charge is 0.119 e. The Labute approximate surface area is 93.7 Å². The number of hydrogen-bond acceptors (Lipinski definition) is 3. The average molecular weight is 221 g/mol. The largest absolute Gasteiger partial charge is 0.497 e. The second kappa shape index (κ2) is 4.21. The standard InChI is InChI=1S/C12H15NOS/c1-8(6-13)11-7-15-12-4-3-9(14-2)5-10(11)12/h3-5,7-8H,6,13H2,1-2H3. The van der Waals surface area contributed by atoms with Crippen molar-refractivity contribution in [3.05, 3.63) is 29.1 Å². The molecule has 2 nitrogen and oxygen atoms in total. The average Bonchev–Trinajstić information content (AvgIpc) is 2.70. The van der Waals surface area contributed by atoms with Crippen molar-refractivity contribution in [3.8, 4) is 5.75 Å². The lowest BCUT2D eigenvalue weighted by atomic mass is 10.0. The number of benzene rings is 1. The predicted molar refractivity (Wildman–Crippen MR) is 65.8 cm³/mol. The van der Waals surface area contributed by atoms with Gasteiger partial charge in [0, 0.05) is 4.70 Å². The Morgan fingerprint density at radius 1 is 1.47 bits per heavy atom. The third-order valence-corrected chi connectivity index (χ3v) is 3.68. The summed E-state index contributed by atoms with van der Waals surface area (Å²) in [5.41, 5.74) is 7.03. The molecule has 0 fully saturated rings. The molecule has 0 bridgehead atoms. The Morgan fingerprint density at radius 2 is 2.27 bits per heavy atom. The maximum absolute atomic E-state index is 5.70. The normalized spacial score (nSPS) is 13.0. The van der Waals surface area contributed by atoms with Crippen LogP contribution in [0.2, 0.25) is 0 Å². The van der Waals surface area contributed by atoms with Gasteiger partial charge in [-0.2, -0.15) is 0 Å². The van der Waals surface area contributed by atoms with Crippen molar-refractivity contribution in [2.24, 2.45) is 5.73 Å². The molecule has 0 amide bonds. The van der Waals surface area contributed by atoms with Gasteiger partial charge in [0.05, 0.1) is 7.11 Å². The van der Waals surface area contributed by atoms with Gasteiger partial charge in [-0.05, 0) is 47.0 Å². The second-order valence-corrected chi connectivity index (χ2v) is 4.60. The van der Waals surface area contributed by atoms with Crippen LogP contribution in [-0.2, 0) is 0 Å². The van der Waals surface area contributed by atoms with Gasteiger partial charge in [-0.1, -0.05) is 6.92 Å². The molecule has 0 saturated heterocycles. The quantitative estimate of drug-likeness (QED) is 0.864. The van der Waals surface area contributed by atoms with Crippen LogP contribution in [0.4, 0.5) is 0 Å². The minimum Gasteiger partial charge on any atom is -0.497 e. The second-order valence-electron chi connectivity index (χ2n) is 3.69. The van der Waals surface area contributed by atoms with Crippen LogP contribution in [0.3, 0.4) is 0 Å². The summed E-state index contributed by atoms with van der Waals surface area (Å²) in [7, 11) is 1.69. The SMILES string of the molecule is COc1ccc2scc(C(C)CN)c2c1. The van der Waals surface area contributed by atoms with Crippen molar-refractivity contribution in [1.82, 2.24) is 0 Å². The summed E-state index contributed by atoms with van der Waals surface area (Å²) in [6, 6.07) is 6.19. The summed E-state index contributed by atoms with van der Waals surface area (Å²) in [5, 5.41) is 3.47. The van der Waals surface area contributed by atoms with Crippen LogP contribution in [0.25, 0.3) is 10.1 Å². The zero-order valence-electron chi connectivity index (χ0n) is 8.99. The lowest BCUT2D eigenvalue weighted by Gasteiger charge is -2.07. The van der Waals surface area contributed by atoms with E-state index in [-0.39, 0.29) is 0 Å². The fourth-order valence-electron chi connectivity index (χ4n) is 1.66. The van der Waals surface area contributed by atoms with E-state index in [1.54, 1.807) is 18.4 Å². The molecule has 2 N–H and O–H groups in total. The Bertz CT molecular complexity index is 464. The number of methoxy groups -OCH3 is 1. The summed E-state index contributed by atoms with van der Waals surface area (Å²) in [5.74, 6) is 1.32. The van der Waals surface area contributed by atoms with Crippen LogP contribution in [0.5, 0.6) is 5.75 Å². The van der Waals surface area contributed by atoms with Crippen molar-refractivity contribution in [1.29, 1.82) is 0 Å². The van der Waals surface area contributed by atoms with Gasteiger partial charge in [0.1, 0.15) is 5.75 Å². The molecule has 2 aromatic rings. The highest BCUT2D eigenvalue weighted by molar-refractivity contribution is 7.17. The van der Waals surface area contributed by atoms with Crippen LogP contribution in [0.1, 0.15) is 18.4 Å². The van der Waals surface area contributed by atoms with Crippen molar-refractivity contribution in [2.45, 2.75) is 12.8 Å². The van der Waals surface area contributed by atoms with Gasteiger partial charge in [0.15, 0.2) is 0 Å². The van der Waals surface area contributed by atoms with Crippen LogP contribution in [-0.4, -0.2) is 13.7 Å². The fraction of sp³-hybridized carbons (Fsp3) is 0.333. The molecule has 0 saturated carbocycles. The van der Waals surface area contributed by atoms with Gasteiger partial charge in [0.25, 0.3) is 0 Å². The molecule has 1 aromatic heterocycles. The topological polar surface area (TPSA) is 35.2 Å². The first-order valence-corrected chi connectivity index (χ1v) is 5.89. The Hall–Kier alpha value is -1.06. The summed E-state index contributed by atoms with van der Waals surface area (Å²) in [6.45, 7) is 2.84. The highest BCUT2D eigenvalue weighted by atomic mass is 32.1. The molecule has 0 aliphatic heterocycles. The van der Waals surface area contributed by atoms with Crippen molar-refractivity contribution in [3.63, 3.8) is 0 Å². The summed E-state index contributed by atoms with van der Waals surface area (Å²) in [4.78, 5) is 0. The summed E-state index contributed by atoms with van der Waals surface area (Å²) >= 11 is 1.77. The predicted octanol–water partition coefficient (Wildman–Crippen LogP) is 2.97. The highest BCUT2D eigenvalue weighted by Crippen LogP contribution is 2.33. The number of ether oxygens (including phenoxy) is 1. The van der Waals surface area contributed by atoms with Crippen LogP contribution < -0.4 is 10.5 Å². The number of hydrogen-bond donors (Lipinski definition) is 1. The van der Waals surface area contributed by atoms with E-state index >= 15 is 0 Å². The van der Waals surface area contributed by atoms with E-state index in [9.17, 15) is 0 Å². The molecule has 15 heavy (non-hydrogen) atoms. The number of fused-ring (bicyclic) bond motifs is 1. The van der Waals surface area contributed by atoms with E-state index in [2.05, 4.69) is 24.4 Å². The van der Waals surface area contributed by atoms with Gasteiger partial charge in [0.2, 0.25) is 0 Å². The maximum Gasteiger partial charge on any atom is 0.119 e. The van der Waals surface area contributed by atoms with E-state index < -0.39 is 0 Å².